The predicted octanol–water partition coefficient (Wildman–Crippen LogP) is 4.80. The molecule has 1 aromatic heterocycles. The second kappa shape index (κ2) is 8.29. The first kappa shape index (κ1) is 17.0. The van der Waals surface area contributed by atoms with E-state index >= 15 is 0 Å². The maximum atomic E-state index is 6.05. The highest BCUT2D eigenvalue weighted by Gasteiger charge is 2.05. The van der Waals surface area contributed by atoms with Crippen molar-refractivity contribution in [3.63, 3.8) is 0 Å². The van der Waals surface area contributed by atoms with Crippen LogP contribution in [0.1, 0.15) is 10.6 Å². The molecule has 24 heavy (non-hydrogen) atoms. The molecule has 1 N–H and O–H groups in total. The summed E-state index contributed by atoms with van der Waals surface area (Å²) in [5.74, 6) is 0.892. The zero-order valence-corrected chi connectivity index (χ0v) is 15.0. The molecule has 0 bridgehead atoms. The molecule has 0 amide bonds. The zero-order chi connectivity index (χ0) is 16.8. The number of rotatable bonds is 7. The van der Waals surface area contributed by atoms with E-state index in [9.17, 15) is 0 Å². The van der Waals surface area contributed by atoms with Crippen LogP contribution in [-0.2, 0) is 13.0 Å². The van der Waals surface area contributed by atoms with Gasteiger partial charge in [-0.25, -0.2) is 4.98 Å². The number of aromatic nitrogens is 1. The predicted molar refractivity (Wildman–Crippen MR) is 101 cm³/mol. The van der Waals surface area contributed by atoms with Gasteiger partial charge in [0.25, 0.3) is 0 Å². The van der Waals surface area contributed by atoms with E-state index in [2.05, 4.69) is 28.5 Å². The molecule has 2 aromatic carbocycles. The Morgan fingerprint density at radius 1 is 1.17 bits per heavy atom. The summed E-state index contributed by atoms with van der Waals surface area (Å²) in [6.45, 7) is 1.69. The van der Waals surface area contributed by atoms with E-state index in [4.69, 9.17) is 16.3 Å². The van der Waals surface area contributed by atoms with Gasteiger partial charge < -0.3 is 10.1 Å². The van der Waals surface area contributed by atoms with E-state index in [1.165, 1.54) is 5.56 Å². The molecule has 0 unspecified atom stereocenters. The first-order chi connectivity index (χ1) is 11.7. The van der Waals surface area contributed by atoms with Crippen LogP contribution < -0.4 is 10.1 Å². The second-order valence-electron chi connectivity index (χ2n) is 5.40. The van der Waals surface area contributed by atoms with Gasteiger partial charge >= 0.3 is 0 Å². The smallest absolute Gasteiger partial charge is 0.118 e. The Hall–Kier alpha value is -1.88. The van der Waals surface area contributed by atoms with Crippen LogP contribution in [0.5, 0.6) is 5.75 Å². The van der Waals surface area contributed by atoms with Crippen LogP contribution in [0.25, 0.3) is 10.4 Å². The number of hydrogen-bond donors (Lipinski definition) is 1. The van der Waals surface area contributed by atoms with Crippen LogP contribution >= 0.6 is 22.9 Å². The molecule has 0 aliphatic heterocycles. The number of nitrogens with one attached hydrogen (secondary N) is 1. The quantitative estimate of drug-likeness (QED) is 0.616. The third-order valence-electron chi connectivity index (χ3n) is 3.69. The van der Waals surface area contributed by atoms with Gasteiger partial charge in [0.1, 0.15) is 10.8 Å². The van der Waals surface area contributed by atoms with Gasteiger partial charge in [0.2, 0.25) is 0 Å². The van der Waals surface area contributed by atoms with Gasteiger partial charge in [-0.05, 0) is 48.4 Å². The normalized spacial score (nSPS) is 10.8. The molecule has 0 atom stereocenters. The van der Waals surface area contributed by atoms with E-state index in [0.29, 0.717) is 0 Å². The molecule has 3 rings (SSSR count). The summed E-state index contributed by atoms with van der Waals surface area (Å²) >= 11 is 7.74. The average molecular weight is 359 g/mol. The lowest BCUT2D eigenvalue weighted by Gasteiger charge is -2.04. The summed E-state index contributed by atoms with van der Waals surface area (Å²) in [5, 5.41) is 5.28. The van der Waals surface area contributed by atoms with Gasteiger partial charge in [0.15, 0.2) is 0 Å². The molecule has 0 aliphatic rings. The molecule has 124 valence electrons. The first-order valence-electron chi connectivity index (χ1n) is 7.79. The number of benzene rings is 2. The van der Waals surface area contributed by atoms with Crippen LogP contribution in [0.15, 0.2) is 54.7 Å². The van der Waals surface area contributed by atoms with Crippen molar-refractivity contribution in [2.24, 2.45) is 0 Å². The minimum absolute atomic E-state index is 0.750. The molecule has 5 heteroatoms. The number of ether oxygens (including phenoxy) is 1. The highest BCUT2D eigenvalue weighted by molar-refractivity contribution is 7.15. The third kappa shape index (κ3) is 4.57. The Kier molecular flexibility index (Phi) is 5.86. The van der Waals surface area contributed by atoms with E-state index in [0.717, 1.165) is 45.7 Å². The van der Waals surface area contributed by atoms with Crippen molar-refractivity contribution >= 4 is 22.9 Å². The lowest BCUT2D eigenvalue weighted by molar-refractivity contribution is 0.414. The number of halogens is 1. The van der Waals surface area contributed by atoms with Crippen molar-refractivity contribution in [3.8, 4) is 16.2 Å². The average Bonchev–Trinajstić information content (AvgIpc) is 3.08. The molecule has 1 heterocycles. The summed E-state index contributed by atoms with van der Waals surface area (Å²) in [6.07, 6.45) is 2.90. The fraction of sp³-hybridized carbons (Fsp3) is 0.211. The minimum atomic E-state index is 0.750. The molecule has 0 aliphatic carbocycles. The number of nitrogens with zero attached hydrogens (tertiary/aromatic N) is 1. The molecule has 0 saturated carbocycles. The van der Waals surface area contributed by atoms with Gasteiger partial charge in [-0.1, -0.05) is 35.9 Å². The summed E-state index contributed by atoms with van der Waals surface area (Å²) in [5.41, 5.74) is 2.41. The minimum Gasteiger partial charge on any atom is -0.497 e. The van der Waals surface area contributed by atoms with Gasteiger partial charge in [-0.3, -0.25) is 0 Å². The standard InChI is InChI=1S/C19H19ClN2OS/c1-23-17-7-5-14(6-8-17)9-10-21-13-19-22-12-18(24-19)15-3-2-4-16(20)11-15/h2-8,11-12,21H,9-10,13H2,1H3. The SMILES string of the molecule is COc1ccc(CCNCc2ncc(-c3cccc(Cl)c3)s2)cc1. The number of hydrogen-bond acceptors (Lipinski definition) is 4. The van der Waals surface area contributed by atoms with E-state index < -0.39 is 0 Å². The Balaban J connectivity index is 1.48. The fourth-order valence-electron chi connectivity index (χ4n) is 2.39. The molecule has 3 nitrogen and oxygen atoms in total. The maximum Gasteiger partial charge on any atom is 0.118 e. The fourth-order valence-corrected chi connectivity index (χ4v) is 3.46. The number of methoxy groups -OCH3 is 1. The second-order valence-corrected chi connectivity index (χ2v) is 6.96. The monoisotopic (exact) mass is 358 g/mol. The highest BCUT2D eigenvalue weighted by Crippen LogP contribution is 2.27. The Bertz CT molecular complexity index is 786. The van der Waals surface area contributed by atoms with Gasteiger partial charge in [-0.2, -0.15) is 0 Å². The molecule has 3 aromatic rings. The largest absolute Gasteiger partial charge is 0.497 e. The van der Waals surface area contributed by atoms with Crippen molar-refractivity contribution < 1.29 is 4.74 Å². The maximum absolute atomic E-state index is 6.05. The molecular weight excluding hydrogens is 340 g/mol. The van der Waals surface area contributed by atoms with Crippen molar-refractivity contribution in [3.05, 3.63) is 70.3 Å². The Morgan fingerprint density at radius 2 is 2.00 bits per heavy atom. The molecule has 0 spiro atoms. The number of thiazole rings is 1. The van der Waals surface area contributed by atoms with Crippen LogP contribution in [0.2, 0.25) is 5.02 Å². The van der Waals surface area contributed by atoms with Crippen LogP contribution in [0.3, 0.4) is 0 Å². The highest BCUT2D eigenvalue weighted by atomic mass is 35.5. The molecular formula is C19H19ClN2OS. The summed E-state index contributed by atoms with van der Waals surface area (Å²) in [4.78, 5) is 5.63. The Morgan fingerprint density at radius 3 is 2.75 bits per heavy atom. The topological polar surface area (TPSA) is 34.1 Å². The van der Waals surface area contributed by atoms with Gasteiger partial charge in [0, 0.05) is 17.8 Å². The summed E-state index contributed by atoms with van der Waals surface area (Å²) in [6, 6.07) is 16.1. The van der Waals surface area contributed by atoms with Crippen molar-refractivity contribution in [1.29, 1.82) is 0 Å². The van der Waals surface area contributed by atoms with Gasteiger partial charge in [0.05, 0.1) is 12.0 Å². The lowest BCUT2D eigenvalue weighted by Crippen LogP contribution is -2.16. The van der Waals surface area contributed by atoms with Crippen LogP contribution in [0.4, 0.5) is 0 Å². The molecule has 0 radical (unpaired) electrons. The molecule has 0 saturated heterocycles. The van der Waals surface area contributed by atoms with Crippen LogP contribution in [-0.4, -0.2) is 18.6 Å². The summed E-state index contributed by atoms with van der Waals surface area (Å²) in [7, 11) is 1.68. The van der Waals surface area contributed by atoms with Crippen molar-refractivity contribution in [1.82, 2.24) is 10.3 Å². The Labute approximate surface area is 151 Å². The third-order valence-corrected chi connectivity index (χ3v) is 4.97. The lowest BCUT2D eigenvalue weighted by atomic mass is 10.1. The van der Waals surface area contributed by atoms with Crippen LogP contribution in [0, 0.1) is 0 Å². The zero-order valence-electron chi connectivity index (χ0n) is 13.5. The van der Waals surface area contributed by atoms with E-state index in [1.807, 2.05) is 36.5 Å². The van der Waals surface area contributed by atoms with E-state index in [1.54, 1.807) is 18.4 Å². The van der Waals surface area contributed by atoms with Crippen molar-refractivity contribution in [2.75, 3.05) is 13.7 Å². The van der Waals surface area contributed by atoms with E-state index in [-0.39, 0.29) is 0 Å². The summed E-state index contributed by atoms with van der Waals surface area (Å²) < 4.78 is 5.17. The van der Waals surface area contributed by atoms with Gasteiger partial charge in [-0.15, -0.1) is 11.3 Å². The first-order valence-corrected chi connectivity index (χ1v) is 8.98. The van der Waals surface area contributed by atoms with Crippen molar-refractivity contribution in [2.45, 2.75) is 13.0 Å². The molecule has 0 fully saturated rings.